The second-order valence-electron chi connectivity index (χ2n) is 7.59. The quantitative estimate of drug-likeness (QED) is 0.690. The van der Waals surface area contributed by atoms with E-state index in [-0.39, 0.29) is 10.7 Å². The molecular weight excluding hydrogens is 379 g/mol. The smallest absolute Gasteiger partial charge is 0.242 e. The summed E-state index contributed by atoms with van der Waals surface area (Å²) in [7, 11) is -3.51. The van der Waals surface area contributed by atoms with Gasteiger partial charge in [0.05, 0.1) is 0 Å². The van der Waals surface area contributed by atoms with Gasteiger partial charge in [-0.1, -0.05) is 0 Å². The molecule has 1 aromatic carbocycles. The molecule has 0 unspecified atom stereocenters. The Morgan fingerprint density at radius 1 is 1.25 bits per heavy atom. The van der Waals surface area contributed by atoms with E-state index >= 15 is 0 Å². The molecule has 0 spiro atoms. The molecule has 146 valence electrons. The highest BCUT2D eigenvalue weighted by molar-refractivity contribution is 7.89. The van der Waals surface area contributed by atoms with Crippen LogP contribution in [0.1, 0.15) is 24.1 Å². The molecule has 0 bridgehead atoms. The zero-order chi connectivity index (χ0) is 19.3. The summed E-state index contributed by atoms with van der Waals surface area (Å²) in [6.07, 6.45) is 4.40. The lowest BCUT2D eigenvalue weighted by Crippen LogP contribution is -2.31. The Morgan fingerprint density at radius 2 is 2.11 bits per heavy atom. The lowest BCUT2D eigenvalue weighted by Gasteiger charge is -2.28. The van der Waals surface area contributed by atoms with Crippen molar-refractivity contribution in [2.45, 2.75) is 30.7 Å². The molecule has 0 saturated heterocycles. The number of hydrogen-bond acceptors (Lipinski definition) is 4. The fourth-order valence-electron chi connectivity index (χ4n) is 3.73. The molecule has 1 aliphatic carbocycles. The number of hydrogen-bond donors (Lipinski definition) is 2. The van der Waals surface area contributed by atoms with Crippen molar-refractivity contribution in [1.29, 1.82) is 0 Å². The van der Waals surface area contributed by atoms with E-state index < -0.39 is 10.0 Å². The number of nitrogens with zero attached hydrogens (tertiary/aromatic N) is 2. The number of halogens is 1. The zero-order valence-electron chi connectivity index (χ0n) is 15.3. The molecule has 2 aliphatic rings. The van der Waals surface area contributed by atoms with Crippen molar-refractivity contribution in [2.24, 2.45) is 5.92 Å². The van der Waals surface area contributed by atoms with Crippen molar-refractivity contribution in [3.8, 4) is 0 Å². The molecule has 0 amide bonds. The number of pyridine rings is 1. The van der Waals surface area contributed by atoms with Gasteiger partial charge in [-0.3, -0.25) is 0 Å². The van der Waals surface area contributed by atoms with Crippen molar-refractivity contribution in [3.05, 3.63) is 53.6 Å². The van der Waals surface area contributed by atoms with Crippen LogP contribution in [0.4, 0.5) is 10.2 Å². The summed E-state index contributed by atoms with van der Waals surface area (Å²) in [6, 6.07) is 8.12. The van der Waals surface area contributed by atoms with Crippen molar-refractivity contribution in [3.63, 3.8) is 0 Å². The lowest BCUT2D eigenvalue weighted by atomic mass is 10.0. The highest BCUT2D eigenvalue weighted by Gasteiger charge is 2.25. The van der Waals surface area contributed by atoms with E-state index in [9.17, 15) is 12.8 Å². The lowest BCUT2D eigenvalue weighted by molar-refractivity contribution is 0.577. The van der Waals surface area contributed by atoms with Gasteiger partial charge in [0.2, 0.25) is 10.0 Å². The van der Waals surface area contributed by atoms with Crippen LogP contribution in [-0.2, 0) is 23.0 Å². The van der Waals surface area contributed by atoms with Gasteiger partial charge in [-0.15, -0.1) is 0 Å². The molecular formula is C20H21FN4O2S. The molecule has 2 aromatic heterocycles. The molecule has 28 heavy (non-hydrogen) atoms. The first-order chi connectivity index (χ1) is 13.5. The van der Waals surface area contributed by atoms with Gasteiger partial charge in [0.1, 0.15) is 16.5 Å². The van der Waals surface area contributed by atoms with Gasteiger partial charge in [0.25, 0.3) is 0 Å². The monoisotopic (exact) mass is 400 g/mol. The predicted octanol–water partition coefficient (Wildman–Crippen LogP) is 2.95. The molecule has 3 heterocycles. The van der Waals surface area contributed by atoms with Crippen LogP contribution in [0.2, 0.25) is 0 Å². The van der Waals surface area contributed by atoms with Crippen LogP contribution in [0, 0.1) is 11.7 Å². The second kappa shape index (κ2) is 6.56. The molecule has 5 rings (SSSR count). The van der Waals surface area contributed by atoms with Crippen LogP contribution in [0.25, 0.3) is 10.9 Å². The molecule has 1 fully saturated rings. The third-order valence-electron chi connectivity index (χ3n) is 5.55. The number of sulfonamides is 1. The highest BCUT2D eigenvalue weighted by atomic mass is 32.2. The average Bonchev–Trinajstić information content (AvgIpc) is 3.47. The molecule has 2 N–H and O–H groups in total. The number of fused-ring (bicyclic) bond motifs is 3. The minimum Gasteiger partial charge on any atom is -0.358 e. The Bertz CT molecular complexity index is 1140. The number of benzene rings is 1. The van der Waals surface area contributed by atoms with Crippen molar-refractivity contribution >= 4 is 26.7 Å². The van der Waals surface area contributed by atoms with E-state index in [0.717, 1.165) is 53.8 Å². The van der Waals surface area contributed by atoms with Gasteiger partial charge in [0.15, 0.2) is 0 Å². The second-order valence-corrected chi connectivity index (χ2v) is 9.36. The topological polar surface area (TPSA) is 78.1 Å². The minimum absolute atomic E-state index is 0.184. The van der Waals surface area contributed by atoms with E-state index in [0.29, 0.717) is 19.0 Å². The van der Waals surface area contributed by atoms with Crippen LogP contribution in [0.15, 0.2) is 41.4 Å². The summed E-state index contributed by atoms with van der Waals surface area (Å²) >= 11 is 0. The molecule has 3 aromatic rings. The first-order valence-corrected chi connectivity index (χ1v) is 11.0. The summed E-state index contributed by atoms with van der Waals surface area (Å²) in [5.74, 6) is 0.945. The predicted molar refractivity (Wildman–Crippen MR) is 105 cm³/mol. The number of H-pyrrole nitrogens is 1. The van der Waals surface area contributed by atoms with Crippen LogP contribution in [0.5, 0.6) is 0 Å². The van der Waals surface area contributed by atoms with Gasteiger partial charge < -0.3 is 9.88 Å². The standard InChI is InChI=1S/C20H21FN4O2S/c21-14-3-5-18-16(9-14)17-12-25(8-7-19(17)24-18)20-6-4-15(11-22-20)28(26,27)23-10-13-1-2-13/h3-6,9,11,13,23-24H,1-2,7-8,10,12H2. The minimum atomic E-state index is -3.51. The first kappa shape index (κ1) is 17.6. The first-order valence-electron chi connectivity index (χ1n) is 9.49. The Kier molecular flexibility index (Phi) is 4.13. The number of aromatic nitrogens is 2. The molecule has 8 heteroatoms. The van der Waals surface area contributed by atoms with Crippen LogP contribution in [-0.4, -0.2) is 31.5 Å². The Morgan fingerprint density at radius 3 is 2.86 bits per heavy atom. The number of anilines is 1. The van der Waals surface area contributed by atoms with Crippen LogP contribution < -0.4 is 9.62 Å². The Hall–Kier alpha value is -2.45. The summed E-state index contributed by atoms with van der Waals surface area (Å²) < 4.78 is 41.0. The number of rotatable bonds is 5. The fraction of sp³-hybridized carbons (Fsp3) is 0.350. The number of nitrogens with one attached hydrogen (secondary N) is 2. The summed E-state index contributed by atoms with van der Waals surface area (Å²) in [6.45, 7) is 1.87. The average molecular weight is 400 g/mol. The number of aromatic amines is 1. The third kappa shape index (κ3) is 3.27. The van der Waals surface area contributed by atoms with Gasteiger partial charge in [0, 0.05) is 54.4 Å². The van der Waals surface area contributed by atoms with E-state index in [4.69, 9.17) is 0 Å². The summed E-state index contributed by atoms with van der Waals surface area (Å²) in [5.41, 5.74) is 3.13. The van der Waals surface area contributed by atoms with Gasteiger partial charge in [-0.2, -0.15) is 0 Å². The Balaban J connectivity index is 1.37. The van der Waals surface area contributed by atoms with Gasteiger partial charge >= 0.3 is 0 Å². The van der Waals surface area contributed by atoms with Crippen molar-refractivity contribution < 1.29 is 12.8 Å². The molecule has 1 saturated carbocycles. The maximum absolute atomic E-state index is 13.7. The summed E-state index contributed by atoms with van der Waals surface area (Å²) in [5, 5.41) is 0.892. The van der Waals surface area contributed by atoms with Crippen molar-refractivity contribution in [1.82, 2.24) is 14.7 Å². The maximum Gasteiger partial charge on any atom is 0.242 e. The SMILES string of the molecule is O=S(=O)(NCC1CC1)c1ccc(N2CCc3[nH]c4ccc(F)cc4c3C2)nc1. The normalized spacial score (nSPS) is 17.1. The van der Waals surface area contributed by atoms with Crippen molar-refractivity contribution in [2.75, 3.05) is 18.0 Å². The maximum atomic E-state index is 13.7. The van der Waals surface area contributed by atoms with E-state index in [2.05, 4.69) is 19.6 Å². The zero-order valence-corrected chi connectivity index (χ0v) is 16.1. The molecule has 6 nitrogen and oxygen atoms in total. The van der Waals surface area contributed by atoms with Gasteiger partial charge in [-0.25, -0.2) is 22.5 Å². The van der Waals surface area contributed by atoms with Crippen LogP contribution in [0.3, 0.4) is 0 Å². The van der Waals surface area contributed by atoms with E-state index in [1.165, 1.54) is 12.3 Å². The third-order valence-corrected chi connectivity index (χ3v) is 6.96. The molecule has 0 atom stereocenters. The van der Waals surface area contributed by atoms with Crippen LogP contribution >= 0.6 is 0 Å². The fourth-order valence-corrected chi connectivity index (χ4v) is 4.79. The Labute approximate surface area is 162 Å². The molecule has 0 radical (unpaired) electrons. The van der Waals surface area contributed by atoms with E-state index in [1.54, 1.807) is 24.3 Å². The highest BCUT2D eigenvalue weighted by Crippen LogP contribution is 2.31. The molecule has 1 aliphatic heterocycles. The van der Waals surface area contributed by atoms with Gasteiger partial charge in [-0.05, 0) is 49.1 Å². The van der Waals surface area contributed by atoms with E-state index in [1.807, 2.05) is 0 Å². The largest absolute Gasteiger partial charge is 0.358 e. The summed E-state index contributed by atoms with van der Waals surface area (Å²) in [4.78, 5) is 10.0.